The number of fused-ring (bicyclic) bond motifs is 1. The van der Waals surface area contributed by atoms with Gasteiger partial charge in [-0.1, -0.05) is 18.2 Å². The number of halogens is 2. The molecule has 3 heteroatoms. The maximum atomic E-state index is 14.1. The predicted molar refractivity (Wildman–Crippen MR) is 59.5 cm³/mol. The lowest BCUT2D eigenvalue weighted by molar-refractivity contribution is -0.0271. The Morgan fingerprint density at radius 2 is 1.94 bits per heavy atom. The first-order valence-corrected chi connectivity index (χ1v) is 5.53. The van der Waals surface area contributed by atoms with Crippen molar-refractivity contribution in [1.29, 1.82) is 0 Å². The highest BCUT2D eigenvalue weighted by atomic mass is 19.3. The Labute approximate surface area is 92.7 Å². The molecule has 2 aromatic rings. The summed E-state index contributed by atoms with van der Waals surface area (Å²) < 4.78 is 29.9. The van der Waals surface area contributed by atoms with Crippen LogP contribution in [0.15, 0.2) is 30.5 Å². The molecule has 0 aliphatic heterocycles. The van der Waals surface area contributed by atoms with Crippen molar-refractivity contribution < 1.29 is 8.78 Å². The summed E-state index contributed by atoms with van der Waals surface area (Å²) in [6, 6.07) is 7.35. The van der Waals surface area contributed by atoms with E-state index in [4.69, 9.17) is 0 Å². The molecule has 1 aliphatic rings. The molecule has 1 aliphatic carbocycles. The summed E-state index contributed by atoms with van der Waals surface area (Å²) in [7, 11) is 1.81. The molecule has 0 spiro atoms. The maximum absolute atomic E-state index is 14.1. The smallest absolute Gasteiger partial charge is 0.278 e. The minimum absolute atomic E-state index is 0.188. The van der Waals surface area contributed by atoms with Crippen molar-refractivity contribution in [2.24, 2.45) is 13.0 Å². The second-order valence-electron chi connectivity index (χ2n) is 4.57. The summed E-state index contributed by atoms with van der Waals surface area (Å²) in [5.74, 6) is -3.11. The van der Waals surface area contributed by atoms with Crippen molar-refractivity contribution >= 4 is 10.9 Å². The van der Waals surface area contributed by atoms with Crippen LogP contribution < -0.4 is 0 Å². The van der Waals surface area contributed by atoms with Gasteiger partial charge in [-0.05, 0) is 18.9 Å². The summed E-state index contributed by atoms with van der Waals surface area (Å²) in [5, 5.41) is 0.682. The Hall–Kier alpha value is -1.38. The van der Waals surface area contributed by atoms with E-state index in [2.05, 4.69) is 0 Å². The number of para-hydroxylation sites is 1. The predicted octanol–water partition coefficient (Wildman–Crippen LogP) is 3.68. The van der Waals surface area contributed by atoms with Crippen molar-refractivity contribution in [3.63, 3.8) is 0 Å². The lowest BCUT2D eigenvalue weighted by Gasteiger charge is -2.14. The minimum atomic E-state index is -2.67. The monoisotopic (exact) mass is 221 g/mol. The zero-order chi connectivity index (χ0) is 11.3. The van der Waals surface area contributed by atoms with Crippen LogP contribution in [-0.4, -0.2) is 4.57 Å². The van der Waals surface area contributed by atoms with Crippen molar-refractivity contribution in [3.05, 3.63) is 36.0 Å². The van der Waals surface area contributed by atoms with E-state index in [1.165, 1.54) is 0 Å². The van der Waals surface area contributed by atoms with Gasteiger partial charge in [0.1, 0.15) is 0 Å². The molecule has 0 amide bonds. The minimum Gasteiger partial charge on any atom is -0.350 e. The molecule has 84 valence electrons. The van der Waals surface area contributed by atoms with Crippen LogP contribution in [0.25, 0.3) is 10.9 Å². The quantitative estimate of drug-likeness (QED) is 0.729. The first-order valence-electron chi connectivity index (χ1n) is 5.53. The van der Waals surface area contributed by atoms with E-state index >= 15 is 0 Å². The number of nitrogens with zero attached hydrogens (tertiary/aromatic N) is 1. The molecule has 16 heavy (non-hydrogen) atoms. The Morgan fingerprint density at radius 3 is 2.62 bits per heavy atom. The standard InChI is InChI=1S/C13H13F2N/c1-16-8-11(13(14,15)9-6-7-9)10-4-2-3-5-12(10)16/h2-5,8-9H,6-7H2,1H3. The van der Waals surface area contributed by atoms with Crippen LogP contribution >= 0.6 is 0 Å². The Kier molecular flexibility index (Phi) is 1.88. The van der Waals surface area contributed by atoms with Gasteiger partial charge in [0.15, 0.2) is 0 Å². The summed E-state index contributed by atoms with van der Waals surface area (Å²) in [5.41, 5.74) is 1.06. The average molecular weight is 221 g/mol. The summed E-state index contributed by atoms with van der Waals surface area (Å²) in [6.07, 6.45) is 2.87. The third-order valence-electron chi connectivity index (χ3n) is 3.35. The topological polar surface area (TPSA) is 4.93 Å². The van der Waals surface area contributed by atoms with Crippen LogP contribution in [0.3, 0.4) is 0 Å². The maximum Gasteiger partial charge on any atom is 0.278 e. The van der Waals surface area contributed by atoms with Crippen molar-refractivity contribution in [2.75, 3.05) is 0 Å². The third kappa shape index (κ3) is 1.27. The molecule has 0 unspecified atom stereocenters. The number of aromatic nitrogens is 1. The van der Waals surface area contributed by atoms with E-state index < -0.39 is 11.8 Å². The Bertz CT molecular complexity index is 538. The average Bonchev–Trinajstić information content (AvgIpc) is 3.06. The molecule has 0 atom stereocenters. The van der Waals surface area contributed by atoms with Crippen LogP contribution in [-0.2, 0) is 13.0 Å². The number of hydrogen-bond donors (Lipinski definition) is 0. The normalized spacial score (nSPS) is 16.9. The zero-order valence-electron chi connectivity index (χ0n) is 9.08. The second kappa shape index (κ2) is 3.06. The van der Waals surface area contributed by atoms with Crippen LogP contribution in [0.5, 0.6) is 0 Å². The van der Waals surface area contributed by atoms with E-state index in [1.807, 2.05) is 25.2 Å². The first kappa shape index (κ1) is 9.82. The highest BCUT2D eigenvalue weighted by Gasteiger charge is 2.49. The van der Waals surface area contributed by atoms with E-state index in [-0.39, 0.29) is 5.56 Å². The molecule has 1 saturated carbocycles. The number of aryl methyl sites for hydroxylation is 1. The van der Waals surface area contributed by atoms with E-state index in [9.17, 15) is 8.78 Å². The molecular formula is C13H13F2N. The second-order valence-corrected chi connectivity index (χ2v) is 4.57. The molecule has 1 nitrogen and oxygen atoms in total. The van der Waals surface area contributed by atoms with Crippen LogP contribution in [0, 0.1) is 5.92 Å². The molecule has 1 fully saturated rings. The van der Waals surface area contributed by atoms with Crippen LogP contribution in [0.2, 0.25) is 0 Å². The summed E-state index contributed by atoms with van der Waals surface area (Å²) >= 11 is 0. The molecule has 0 bridgehead atoms. The lowest BCUT2D eigenvalue weighted by atomic mass is 10.0. The molecule has 3 rings (SSSR count). The number of benzene rings is 1. The van der Waals surface area contributed by atoms with Crippen molar-refractivity contribution in [1.82, 2.24) is 4.57 Å². The van der Waals surface area contributed by atoms with Gasteiger partial charge in [-0.25, -0.2) is 8.78 Å². The largest absolute Gasteiger partial charge is 0.350 e. The Morgan fingerprint density at radius 1 is 1.25 bits per heavy atom. The number of rotatable bonds is 2. The molecule has 0 N–H and O–H groups in total. The van der Waals surface area contributed by atoms with Gasteiger partial charge in [-0.15, -0.1) is 0 Å². The molecule has 1 heterocycles. The molecular weight excluding hydrogens is 208 g/mol. The third-order valence-corrected chi connectivity index (χ3v) is 3.35. The molecule has 1 aromatic heterocycles. The van der Waals surface area contributed by atoms with Crippen molar-refractivity contribution in [2.45, 2.75) is 18.8 Å². The zero-order valence-corrected chi connectivity index (χ0v) is 9.08. The summed E-state index contributed by atoms with van der Waals surface area (Å²) in [6.45, 7) is 0. The van der Waals surface area contributed by atoms with E-state index in [0.717, 1.165) is 5.52 Å². The van der Waals surface area contributed by atoms with Crippen LogP contribution in [0.4, 0.5) is 8.78 Å². The van der Waals surface area contributed by atoms with Gasteiger partial charge in [-0.3, -0.25) is 0 Å². The fourth-order valence-corrected chi connectivity index (χ4v) is 2.27. The van der Waals surface area contributed by atoms with E-state index in [1.54, 1.807) is 16.8 Å². The van der Waals surface area contributed by atoms with Crippen LogP contribution in [0.1, 0.15) is 18.4 Å². The van der Waals surface area contributed by atoms with Gasteiger partial charge in [0.25, 0.3) is 5.92 Å². The Balaban J connectivity index is 2.23. The number of hydrogen-bond acceptors (Lipinski definition) is 0. The fourth-order valence-electron chi connectivity index (χ4n) is 2.27. The summed E-state index contributed by atoms with van der Waals surface area (Å²) in [4.78, 5) is 0. The van der Waals surface area contributed by atoms with Gasteiger partial charge < -0.3 is 4.57 Å². The SMILES string of the molecule is Cn1cc(C(F)(F)C2CC2)c2ccccc21. The first-order chi connectivity index (χ1) is 7.60. The van der Waals surface area contributed by atoms with Gasteiger partial charge in [0, 0.05) is 35.6 Å². The van der Waals surface area contributed by atoms with Crippen molar-refractivity contribution in [3.8, 4) is 0 Å². The highest BCUT2D eigenvalue weighted by molar-refractivity contribution is 5.84. The van der Waals surface area contributed by atoms with E-state index in [0.29, 0.717) is 18.2 Å². The van der Waals surface area contributed by atoms with Gasteiger partial charge in [0.2, 0.25) is 0 Å². The molecule has 1 aromatic carbocycles. The molecule has 0 radical (unpaired) electrons. The van der Waals surface area contributed by atoms with Gasteiger partial charge in [0.05, 0.1) is 0 Å². The highest BCUT2D eigenvalue weighted by Crippen LogP contribution is 2.51. The fraction of sp³-hybridized carbons (Fsp3) is 0.385. The number of alkyl halides is 2. The van der Waals surface area contributed by atoms with Gasteiger partial charge >= 0.3 is 0 Å². The molecule has 0 saturated heterocycles. The van der Waals surface area contributed by atoms with Gasteiger partial charge in [-0.2, -0.15) is 0 Å². The lowest BCUT2D eigenvalue weighted by Crippen LogP contribution is -2.15.